The Morgan fingerprint density at radius 3 is 2.78 bits per heavy atom. The molecule has 9 nitrogen and oxygen atoms in total. The number of pyridine rings is 1. The molecule has 2 N–H and O–H groups in total. The lowest BCUT2D eigenvalue weighted by molar-refractivity contribution is 0.102. The van der Waals surface area contributed by atoms with E-state index >= 15 is 0 Å². The Kier molecular flexibility index (Phi) is 7.15. The van der Waals surface area contributed by atoms with Crippen LogP contribution in [-0.4, -0.2) is 60.1 Å². The molecule has 10 heteroatoms. The minimum absolute atomic E-state index is 0.0433. The number of fused-ring (bicyclic) bond motifs is 1. The highest BCUT2D eigenvalue weighted by Gasteiger charge is 2.15. The van der Waals surface area contributed by atoms with E-state index in [-0.39, 0.29) is 11.9 Å². The van der Waals surface area contributed by atoms with E-state index in [0.717, 1.165) is 53.3 Å². The predicted molar refractivity (Wildman–Crippen MR) is 144 cm³/mol. The van der Waals surface area contributed by atoms with Gasteiger partial charge in [0.1, 0.15) is 11.3 Å². The molecule has 0 bridgehead atoms. The maximum Gasteiger partial charge on any atom is 0.257 e. The number of aryl methyl sites for hydroxylation is 2. The van der Waals surface area contributed by atoms with Gasteiger partial charge in [0.05, 0.1) is 29.7 Å². The molecule has 1 fully saturated rings. The maximum atomic E-state index is 13.0. The molecule has 0 aliphatic carbocycles. The quantitative estimate of drug-likeness (QED) is 0.391. The van der Waals surface area contributed by atoms with Crippen LogP contribution in [0.25, 0.3) is 11.2 Å². The van der Waals surface area contributed by atoms with Crippen molar-refractivity contribution < 1.29 is 4.79 Å². The summed E-state index contributed by atoms with van der Waals surface area (Å²) in [5, 5.41) is 10.6. The van der Waals surface area contributed by atoms with E-state index in [0.29, 0.717) is 11.4 Å². The van der Waals surface area contributed by atoms with Gasteiger partial charge in [0.25, 0.3) is 5.91 Å². The lowest BCUT2D eigenvalue weighted by Gasteiger charge is -2.26. The summed E-state index contributed by atoms with van der Waals surface area (Å²) < 4.78 is 1.70. The van der Waals surface area contributed by atoms with Crippen LogP contribution in [0.1, 0.15) is 40.1 Å². The van der Waals surface area contributed by atoms with E-state index in [1.54, 1.807) is 23.3 Å². The van der Waals surface area contributed by atoms with Crippen LogP contribution in [0.3, 0.4) is 0 Å². The monoisotopic (exact) mass is 502 g/mol. The summed E-state index contributed by atoms with van der Waals surface area (Å²) in [5.74, 6) is 2.83. The fourth-order valence-corrected chi connectivity index (χ4v) is 5.22. The van der Waals surface area contributed by atoms with Crippen LogP contribution in [-0.2, 0) is 13.6 Å². The normalized spacial score (nSPS) is 15.1. The second kappa shape index (κ2) is 10.6. The van der Waals surface area contributed by atoms with Crippen molar-refractivity contribution in [2.75, 3.05) is 35.2 Å². The zero-order chi connectivity index (χ0) is 25.1. The number of carbonyl (C=O) groups excluding carboxylic acids is 1. The number of thioether (sulfide) groups is 1. The van der Waals surface area contributed by atoms with Crippen molar-refractivity contribution >= 4 is 40.3 Å². The van der Waals surface area contributed by atoms with E-state index < -0.39 is 0 Å². The number of nitrogens with one attached hydrogen (secondary N) is 2. The van der Waals surface area contributed by atoms with Crippen molar-refractivity contribution in [1.29, 1.82) is 0 Å². The molecule has 1 aliphatic rings. The van der Waals surface area contributed by atoms with Crippen molar-refractivity contribution in [2.24, 2.45) is 7.05 Å². The van der Waals surface area contributed by atoms with E-state index in [4.69, 9.17) is 0 Å². The standard InChI is InChI=1S/C26H30N8OS/c1-17-11-20(13-27-23(17)16-34-7-9-36-10-8-34)26(35)31-21-6-4-5-19(12-21)18(2)30-24-15-28-22-14-29-33(3)25(22)32-24/h4-6,11-15,18H,7-10,16H2,1-3H3,(H,30,32)(H,31,35)/t18-/m0/s1. The smallest absolute Gasteiger partial charge is 0.257 e. The van der Waals surface area contributed by atoms with Crippen LogP contribution in [0.2, 0.25) is 0 Å². The summed E-state index contributed by atoms with van der Waals surface area (Å²) in [6.07, 6.45) is 5.08. The Bertz CT molecular complexity index is 1380. The van der Waals surface area contributed by atoms with Gasteiger partial charge >= 0.3 is 0 Å². The van der Waals surface area contributed by atoms with Gasteiger partial charge in [-0.1, -0.05) is 12.1 Å². The third kappa shape index (κ3) is 5.50. The van der Waals surface area contributed by atoms with Crippen LogP contribution in [0.15, 0.2) is 48.9 Å². The van der Waals surface area contributed by atoms with Crippen LogP contribution in [0.4, 0.5) is 11.5 Å². The lowest BCUT2D eigenvalue weighted by Crippen LogP contribution is -2.32. The molecular weight excluding hydrogens is 472 g/mol. The van der Waals surface area contributed by atoms with Crippen molar-refractivity contribution in [3.63, 3.8) is 0 Å². The molecule has 4 heterocycles. The van der Waals surface area contributed by atoms with Gasteiger partial charge in [-0.15, -0.1) is 0 Å². The minimum Gasteiger partial charge on any atom is -0.362 e. The largest absolute Gasteiger partial charge is 0.362 e. The molecule has 36 heavy (non-hydrogen) atoms. The van der Waals surface area contributed by atoms with Crippen LogP contribution >= 0.6 is 11.8 Å². The number of nitrogens with zero attached hydrogens (tertiary/aromatic N) is 6. The van der Waals surface area contributed by atoms with Crippen molar-refractivity contribution in [3.05, 3.63) is 71.3 Å². The van der Waals surface area contributed by atoms with Crippen LogP contribution in [0, 0.1) is 6.92 Å². The number of benzene rings is 1. The molecule has 186 valence electrons. The SMILES string of the molecule is Cc1cc(C(=O)Nc2cccc([C@H](C)Nc3cnc4cnn(C)c4n3)c2)cnc1CN1CCSCC1. The first-order valence-corrected chi connectivity index (χ1v) is 13.2. The number of hydrogen-bond acceptors (Lipinski definition) is 8. The number of hydrogen-bond donors (Lipinski definition) is 2. The van der Waals surface area contributed by atoms with Gasteiger partial charge in [0, 0.05) is 50.1 Å². The van der Waals surface area contributed by atoms with E-state index in [1.165, 1.54) is 11.5 Å². The van der Waals surface area contributed by atoms with E-state index in [2.05, 4.69) is 35.6 Å². The van der Waals surface area contributed by atoms with E-state index in [1.807, 2.05) is 63.0 Å². The predicted octanol–water partition coefficient (Wildman–Crippen LogP) is 4.04. The summed E-state index contributed by atoms with van der Waals surface area (Å²) >= 11 is 2.00. The number of amides is 1. The maximum absolute atomic E-state index is 13.0. The molecule has 1 aliphatic heterocycles. The molecule has 4 aromatic rings. The summed E-state index contributed by atoms with van der Waals surface area (Å²) in [4.78, 5) is 29.0. The van der Waals surface area contributed by atoms with Gasteiger partial charge in [-0.25, -0.2) is 14.6 Å². The molecule has 0 unspecified atom stereocenters. The summed E-state index contributed by atoms with van der Waals surface area (Å²) in [5.41, 5.74) is 5.85. The van der Waals surface area contributed by atoms with Gasteiger partial charge < -0.3 is 10.6 Å². The highest BCUT2D eigenvalue weighted by atomic mass is 32.2. The molecule has 0 radical (unpaired) electrons. The Morgan fingerprint density at radius 1 is 1.14 bits per heavy atom. The summed E-state index contributed by atoms with van der Waals surface area (Å²) in [6.45, 7) is 7.07. The molecule has 0 spiro atoms. The van der Waals surface area contributed by atoms with Gasteiger partial charge in [-0.2, -0.15) is 16.9 Å². The Balaban J connectivity index is 1.24. The molecule has 1 amide bonds. The highest BCUT2D eigenvalue weighted by molar-refractivity contribution is 7.99. The zero-order valence-electron chi connectivity index (χ0n) is 20.7. The fraction of sp³-hybridized carbons (Fsp3) is 0.346. The van der Waals surface area contributed by atoms with E-state index in [9.17, 15) is 4.79 Å². The first kappa shape index (κ1) is 24.2. The average Bonchev–Trinajstić information content (AvgIpc) is 3.26. The topological polar surface area (TPSA) is 101 Å². The molecule has 3 aromatic heterocycles. The molecule has 1 saturated heterocycles. The second-order valence-electron chi connectivity index (χ2n) is 9.05. The summed E-state index contributed by atoms with van der Waals surface area (Å²) in [6, 6.07) is 9.69. The Hall–Kier alpha value is -3.50. The molecule has 5 rings (SSSR count). The third-order valence-electron chi connectivity index (χ3n) is 6.38. The third-order valence-corrected chi connectivity index (χ3v) is 7.32. The van der Waals surface area contributed by atoms with Crippen molar-refractivity contribution in [2.45, 2.75) is 26.4 Å². The lowest BCUT2D eigenvalue weighted by atomic mass is 10.1. The fourth-order valence-electron chi connectivity index (χ4n) is 4.24. The van der Waals surface area contributed by atoms with Crippen LogP contribution < -0.4 is 10.6 Å². The Morgan fingerprint density at radius 2 is 1.97 bits per heavy atom. The first-order chi connectivity index (χ1) is 17.5. The van der Waals surface area contributed by atoms with Gasteiger partial charge in [-0.05, 0) is 43.2 Å². The number of anilines is 2. The number of aromatic nitrogens is 5. The summed E-state index contributed by atoms with van der Waals surface area (Å²) in [7, 11) is 1.84. The zero-order valence-corrected chi connectivity index (χ0v) is 21.5. The average molecular weight is 503 g/mol. The molecule has 0 saturated carbocycles. The highest BCUT2D eigenvalue weighted by Crippen LogP contribution is 2.22. The number of rotatable bonds is 7. The second-order valence-corrected chi connectivity index (χ2v) is 10.3. The van der Waals surface area contributed by atoms with Gasteiger partial charge in [-0.3, -0.25) is 14.7 Å². The van der Waals surface area contributed by atoms with Crippen molar-refractivity contribution in [3.8, 4) is 0 Å². The van der Waals surface area contributed by atoms with Gasteiger partial charge in [0.2, 0.25) is 0 Å². The molecule has 1 atom stereocenters. The first-order valence-electron chi connectivity index (χ1n) is 12.0. The van der Waals surface area contributed by atoms with Gasteiger partial charge in [0.15, 0.2) is 5.65 Å². The Labute approximate surface area is 214 Å². The van der Waals surface area contributed by atoms with Crippen LogP contribution in [0.5, 0.6) is 0 Å². The molecular formula is C26H30N8OS. The van der Waals surface area contributed by atoms with Crippen molar-refractivity contribution in [1.82, 2.24) is 29.6 Å². The minimum atomic E-state index is -0.170. The number of carbonyl (C=O) groups is 1. The molecule has 1 aromatic carbocycles.